The second kappa shape index (κ2) is 7.83. The number of allylic oxidation sites excluding steroid dienone is 1. The van der Waals surface area contributed by atoms with Gasteiger partial charge in [0, 0.05) is 26.2 Å². The first-order valence-corrected chi connectivity index (χ1v) is 9.08. The Morgan fingerprint density at radius 2 is 2.00 bits per heavy atom. The molecule has 0 bridgehead atoms. The number of carbonyl (C=O) groups excluding carboxylic acids is 2. The molecule has 0 aliphatic carbocycles. The lowest BCUT2D eigenvalue weighted by atomic mass is 10.00. The van der Waals surface area contributed by atoms with Crippen molar-refractivity contribution in [2.75, 3.05) is 32.7 Å². The average Bonchev–Trinajstić information content (AvgIpc) is 2.62. The van der Waals surface area contributed by atoms with E-state index < -0.39 is 0 Å². The van der Waals surface area contributed by atoms with E-state index in [-0.39, 0.29) is 24.4 Å². The summed E-state index contributed by atoms with van der Waals surface area (Å²) in [4.78, 5) is 28.1. The van der Waals surface area contributed by atoms with Gasteiger partial charge in [-0.1, -0.05) is 50.3 Å². The van der Waals surface area contributed by atoms with E-state index in [0.29, 0.717) is 19.0 Å². The van der Waals surface area contributed by atoms with Crippen LogP contribution in [-0.2, 0) is 9.59 Å². The van der Waals surface area contributed by atoms with E-state index in [2.05, 4.69) is 54.4 Å². The van der Waals surface area contributed by atoms with Gasteiger partial charge < -0.3 is 10.2 Å². The number of nitrogens with zero attached hydrogens (tertiary/aromatic N) is 2. The van der Waals surface area contributed by atoms with Crippen molar-refractivity contribution in [3.8, 4) is 0 Å². The molecule has 0 saturated carbocycles. The fourth-order valence-electron chi connectivity index (χ4n) is 3.43. The molecule has 134 valence electrons. The molecule has 1 aromatic rings. The second-order valence-corrected chi connectivity index (χ2v) is 7.28. The molecule has 5 heteroatoms. The molecule has 5 nitrogen and oxygen atoms in total. The molecule has 2 saturated heterocycles. The van der Waals surface area contributed by atoms with Crippen LogP contribution in [0.2, 0.25) is 0 Å². The zero-order chi connectivity index (χ0) is 17.8. The van der Waals surface area contributed by atoms with E-state index in [9.17, 15) is 9.59 Å². The van der Waals surface area contributed by atoms with E-state index in [0.717, 1.165) is 19.5 Å². The fraction of sp³-hybridized carbons (Fsp3) is 0.500. The number of fused-ring (bicyclic) bond motifs is 1. The van der Waals surface area contributed by atoms with Crippen molar-refractivity contribution in [1.82, 2.24) is 15.1 Å². The molecule has 2 amide bonds. The minimum absolute atomic E-state index is 0.0304. The van der Waals surface area contributed by atoms with Gasteiger partial charge in [-0.05, 0) is 23.5 Å². The zero-order valence-electron chi connectivity index (χ0n) is 15.1. The van der Waals surface area contributed by atoms with Gasteiger partial charge in [-0.15, -0.1) is 0 Å². The predicted octanol–water partition coefficient (Wildman–Crippen LogP) is 1.76. The van der Waals surface area contributed by atoms with Gasteiger partial charge in [0.2, 0.25) is 11.8 Å². The van der Waals surface area contributed by atoms with Gasteiger partial charge in [0.05, 0.1) is 6.54 Å². The van der Waals surface area contributed by atoms with Gasteiger partial charge in [-0.25, -0.2) is 0 Å². The third-order valence-corrected chi connectivity index (χ3v) is 4.88. The Kier molecular flexibility index (Phi) is 5.53. The van der Waals surface area contributed by atoms with Crippen molar-refractivity contribution >= 4 is 17.4 Å². The lowest BCUT2D eigenvalue weighted by Crippen LogP contribution is -2.66. The quantitative estimate of drug-likeness (QED) is 0.888. The highest BCUT2D eigenvalue weighted by Gasteiger charge is 2.38. The predicted molar refractivity (Wildman–Crippen MR) is 98.8 cm³/mol. The molecular weight excluding hydrogens is 314 g/mol. The summed E-state index contributed by atoms with van der Waals surface area (Å²) in [6, 6.07) is 10.1. The maximum absolute atomic E-state index is 12.1. The number of nitrogens with one attached hydrogen (secondary N) is 1. The number of carbonyl (C=O) groups is 2. The molecule has 0 spiro atoms. The number of amides is 2. The third kappa shape index (κ3) is 4.28. The second-order valence-electron chi connectivity index (χ2n) is 7.28. The number of piperazine rings is 2. The molecule has 1 atom stereocenters. The van der Waals surface area contributed by atoms with Crippen LogP contribution in [0.1, 0.15) is 25.8 Å². The maximum Gasteiger partial charge on any atom is 0.244 e. The van der Waals surface area contributed by atoms with Crippen LogP contribution in [-0.4, -0.2) is 60.4 Å². The first kappa shape index (κ1) is 17.7. The minimum atomic E-state index is -0.350. The summed E-state index contributed by atoms with van der Waals surface area (Å²) in [6.07, 6.45) is 3.35. The maximum atomic E-state index is 12.1. The Morgan fingerprint density at radius 3 is 2.72 bits per heavy atom. The summed E-state index contributed by atoms with van der Waals surface area (Å²) in [5, 5.41) is 2.71. The summed E-state index contributed by atoms with van der Waals surface area (Å²) < 4.78 is 0. The number of benzene rings is 1. The summed E-state index contributed by atoms with van der Waals surface area (Å²) >= 11 is 0. The van der Waals surface area contributed by atoms with Crippen molar-refractivity contribution < 1.29 is 9.59 Å². The number of hydrogen-bond acceptors (Lipinski definition) is 3. The highest BCUT2D eigenvalue weighted by molar-refractivity contribution is 5.95. The van der Waals surface area contributed by atoms with Gasteiger partial charge in [0.25, 0.3) is 0 Å². The van der Waals surface area contributed by atoms with Gasteiger partial charge in [0.15, 0.2) is 0 Å². The van der Waals surface area contributed by atoms with Crippen LogP contribution in [0.3, 0.4) is 0 Å². The number of hydrogen-bond donors (Lipinski definition) is 1. The molecule has 1 aromatic carbocycles. The van der Waals surface area contributed by atoms with Crippen molar-refractivity contribution in [2.24, 2.45) is 5.92 Å². The molecular formula is C20H27N3O2. The van der Waals surface area contributed by atoms with Crippen molar-refractivity contribution in [2.45, 2.75) is 26.3 Å². The van der Waals surface area contributed by atoms with Crippen LogP contribution in [0.4, 0.5) is 0 Å². The van der Waals surface area contributed by atoms with Crippen molar-refractivity contribution in [1.29, 1.82) is 0 Å². The van der Waals surface area contributed by atoms with E-state index in [1.54, 1.807) is 4.90 Å². The Labute approximate surface area is 149 Å². The van der Waals surface area contributed by atoms with Crippen molar-refractivity contribution in [3.63, 3.8) is 0 Å². The Bertz CT molecular complexity index is 654. The summed E-state index contributed by atoms with van der Waals surface area (Å²) in [5.41, 5.74) is 2.53. The van der Waals surface area contributed by atoms with Gasteiger partial charge in [0.1, 0.15) is 6.04 Å². The summed E-state index contributed by atoms with van der Waals surface area (Å²) in [5.74, 6) is 0.608. The van der Waals surface area contributed by atoms with Gasteiger partial charge >= 0.3 is 0 Å². The van der Waals surface area contributed by atoms with Crippen LogP contribution >= 0.6 is 0 Å². The SMILES string of the molecule is CC(C)C/C=C(\CN1CCN2C(=O)CNC(=O)[C@H]2C1)c1ccccc1. The molecule has 0 unspecified atom stereocenters. The first-order valence-electron chi connectivity index (χ1n) is 9.08. The average molecular weight is 341 g/mol. The molecule has 25 heavy (non-hydrogen) atoms. The minimum Gasteiger partial charge on any atom is -0.345 e. The zero-order valence-corrected chi connectivity index (χ0v) is 15.1. The Balaban J connectivity index is 1.73. The largest absolute Gasteiger partial charge is 0.345 e. The number of rotatable bonds is 5. The molecule has 2 heterocycles. The van der Waals surface area contributed by atoms with E-state index in [1.807, 2.05) is 6.07 Å². The summed E-state index contributed by atoms with van der Waals surface area (Å²) in [7, 11) is 0. The first-order chi connectivity index (χ1) is 12.0. The third-order valence-electron chi connectivity index (χ3n) is 4.88. The highest BCUT2D eigenvalue weighted by atomic mass is 16.2. The monoisotopic (exact) mass is 341 g/mol. The molecule has 0 aromatic heterocycles. The van der Waals surface area contributed by atoms with Crippen LogP contribution in [0.5, 0.6) is 0 Å². The fourth-order valence-corrected chi connectivity index (χ4v) is 3.43. The van der Waals surface area contributed by atoms with E-state index in [4.69, 9.17) is 0 Å². The molecule has 1 N–H and O–H groups in total. The van der Waals surface area contributed by atoms with Crippen LogP contribution in [0.15, 0.2) is 36.4 Å². The molecule has 2 fully saturated rings. The summed E-state index contributed by atoms with van der Waals surface area (Å²) in [6.45, 7) is 7.42. The van der Waals surface area contributed by atoms with Crippen LogP contribution in [0, 0.1) is 5.92 Å². The molecule has 2 aliphatic heterocycles. The molecule has 0 radical (unpaired) electrons. The lowest BCUT2D eigenvalue weighted by Gasteiger charge is -2.43. The standard InChI is InChI=1S/C20H27N3O2/c1-15(2)8-9-17(16-6-4-3-5-7-16)13-22-10-11-23-18(14-22)20(25)21-12-19(23)24/h3-7,9,15,18H,8,10-14H2,1-2H3,(H,21,25)/b17-9+/t18-/m1/s1. The van der Waals surface area contributed by atoms with Crippen LogP contribution < -0.4 is 5.32 Å². The Hall–Kier alpha value is -2.14. The van der Waals surface area contributed by atoms with Gasteiger partial charge in [-0.3, -0.25) is 14.5 Å². The van der Waals surface area contributed by atoms with Crippen molar-refractivity contribution in [3.05, 3.63) is 42.0 Å². The normalized spacial score (nSPS) is 22.1. The highest BCUT2D eigenvalue weighted by Crippen LogP contribution is 2.21. The molecule has 3 rings (SSSR count). The van der Waals surface area contributed by atoms with Gasteiger partial charge in [-0.2, -0.15) is 0 Å². The molecule has 2 aliphatic rings. The Morgan fingerprint density at radius 1 is 1.24 bits per heavy atom. The lowest BCUT2D eigenvalue weighted by molar-refractivity contribution is -0.148. The van der Waals surface area contributed by atoms with E-state index in [1.165, 1.54) is 11.1 Å². The topological polar surface area (TPSA) is 52.6 Å². The smallest absolute Gasteiger partial charge is 0.244 e. The van der Waals surface area contributed by atoms with Crippen LogP contribution in [0.25, 0.3) is 5.57 Å². The van der Waals surface area contributed by atoms with E-state index >= 15 is 0 Å².